The number of rotatable bonds is 6. The number of hydrogen-bond acceptors (Lipinski definition) is 5. The van der Waals surface area contributed by atoms with E-state index in [0.29, 0.717) is 0 Å². The van der Waals surface area contributed by atoms with E-state index in [4.69, 9.17) is 14.3 Å². The number of halogens is 1. The SMILES string of the molecule is O=C(O)CCc1nnc(COc2ccccc2F)o1. The van der Waals surface area contributed by atoms with Crippen LogP contribution in [0, 0.1) is 5.82 Å². The van der Waals surface area contributed by atoms with Crippen molar-refractivity contribution in [2.24, 2.45) is 0 Å². The Balaban J connectivity index is 1.90. The van der Waals surface area contributed by atoms with Gasteiger partial charge in [0.1, 0.15) is 0 Å². The molecule has 0 spiro atoms. The fraction of sp³-hybridized carbons (Fsp3) is 0.250. The number of carboxylic acid groups (broad SMARTS) is 1. The maximum Gasteiger partial charge on any atom is 0.303 e. The second kappa shape index (κ2) is 5.94. The van der Waals surface area contributed by atoms with Gasteiger partial charge in [0.2, 0.25) is 5.89 Å². The van der Waals surface area contributed by atoms with Gasteiger partial charge in [-0.1, -0.05) is 12.1 Å². The molecule has 0 aliphatic rings. The van der Waals surface area contributed by atoms with Crippen LogP contribution in [-0.4, -0.2) is 21.3 Å². The lowest BCUT2D eigenvalue weighted by Crippen LogP contribution is -1.97. The van der Waals surface area contributed by atoms with Crippen LogP contribution in [-0.2, 0) is 17.8 Å². The van der Waals surface area contributed by atoms with Gasteiger partial charge in [-0.3, -0.25) is 4.79 Å². The minimum atomic E-state index is -0.942. The number of benzene rings is 1. The summed E-state index contributed by atoms with van der Waals surface area (Å²) in [6.07, 6.45) is 0.0673. The standard InChI is InChI=1S/C12H11FN2O4/c13-8-3-1-2-4-9(8)18-7-11-15-14-10(19-11)5-6-12(16)17/h1-4H,5-7H2,(H,16,17). The fourth-order valence-electron chi connectivity index (χ4n) is 1.36. The Morgan fingerprint density at radius 2 is 2.05 bits per heavy atom. The maximum atomic E-state index is 13.3. The van der Waals surface area contributed by atoms with Crippen LogP contribution in [0.2, 0.25) is 0 Å². The molecule has 1 aromatic carbocycles. The molecule has 0 atom stereocenters. The minimum Gasteiger partial charge on any atom is -0.481 e. The third-order valence-electron chi connectivity index (χ3n) is 2.25. The van der Waals surface area contributed by atoms with Crippen molar-refractivity contribution in [2.75, 3.05) is 0 Å². The number of aromatic nitrogens is 2. The van der Waals surface area contributed by atoms with E-state index >= 15 is 0 Å². The first-order valence-electron chi connectivity index (χ1n) is 5.55. The van der Waals surface area contributed by atoms with Crippen molar-refractivity contribution in [3.8, 4) is 5.75 Å². The maximum absolute atomic E-state index is 13.3. The molecular weight excluding hydrogens is 255 g/mol. The van der Waals surface area contributed by atoms with Crippen LogP contribution in [0.4, 0.5) is 4.39 Å². The Morgan fingerprint density at radius 3 is 2.79 bits per heavy atom. The Bertz CT molecular complexity index is 570. The van der Waals surface area contributed by atoms with E-state index in [-0.39, 0.29) is 37.0 Å². The van der Waals surface area contributed by atoms with E-state index in [1.165, 1.54) is 12.1 Å². The summed E-state index contributed by atoms with van der Waals surface area (Å²) >= 11 is 0. The topological polar surface area (TPSA) is 85.5 Å². The summed E-state index contributed by atoms with van der Waals surface area (Å²) in [5.74, 6) is -0.943. The zero-order valence-electron chi connectivity index (χ0n) is 9.88. The molecule has 100 valence electrons. The summed E-state index contributed by atoms with van der Waals surface area (Å²) < 4.78 is 23.6. The lowest BCUT2D eigenvalue weighted by Gasteiger charge is -2.03. The van der Waals surface area contributed by atoms with Gasteiger partial charge in [0.15, 0.2) is 18.2 Å². The number of hydrogen-bond donors (Lipinski definition) is 1. The summed E-state index contributed by atoms with van der Waals surface area (Å²) in [6.45, 7) is -0.0684. The molecule has 0 unspecified atom stereocenters. The Labute approximate surface area is 107 Å². The first-order chi connectivity index (χ1) is 9.15. The summed E-state index contributed by atoms with van der Waals surface area (Å²) in [6, 6.07) is 5.96. The molecule has 1 N–H and O–H groups in total. The van der Waals surface area contributed by atoms with Crippen LogP contribution >= 0.6 is 0 Å². The van der Waals surface area contributed by atoms with Crippen LogP contribution in [0.1, 0.15) is 18.2 Å². The first kappa shape index (κ1) is 13.0. The molecule has 1 heterocycles. The van der Waals surface area contributed by atoms with Crippen molar-refractivity contribution in [3.05, 3.63) is 41.9 Å². The lowest BCUT2D eigenvalue weighted by molar-refractivity contribution is -0.137. The average molecular weight is 266 g/mol. The van der Waals surface area contributed by atoms with Gasteiger partial charge in [-0.15, -0.1) is 10.2 Å². The molecule has 0 fully saturated rings. The van der Waals surface area contributed by atoms with Crippen LogP contribution in [0.15, 0.2) is 28.7 Å². The number of carbonyl (C=O) groups is 1. The third kappa shape index (κ3) is 3.77. The molecule has 0 amide bonds. The molecule has 1 aromatic heterocycles. The molecule has 19 heavy (non-hydrogen) atoms. The minimum absolute atomic E-state index is 0.0684. The summed E-state index contributed by atoms with van der Waals surface area (Å²) in [5, 5.41) is 15.9. The van der Waals surface area contributed by atoms with Crippen LogP contribution in [0.25, 0.3) is 0 Å². The summed E-state index contributed by atoms with van der Waals surface area (Å²) in [4.78, 5) is 10.4. The van der Waals surface area contributed by atoms with E-state index < -0.39 is 11.8 Å². The van der Waals surface area contributed by atoms with E-state index in [0.717, 1.165) is 0 Å². The number of aliphatic carboxylic acids is 1. The molecule has 7 heteroatoms. The van der Waals surface area contributed by atoms with Gasteiger partial charge in [0, 0.05) is 6.42 Å². The Kier molecular flexibility index (Phi) is 4.07. The molecule has 0 radical (unpaired) electrons. The van der Waals surface area contributed by atoms with E-state index in [9.17, 15) is 9.18 Å². The van der Waals surface area contributed by atoms with Gasteiger partial charge >= 0.3 is 5.97 Å². The van der Waals surface area contributed by atoms with Crippen molar-refractivity contribution in [1.82, 2.24) is 10.2 Å². The molecule has 0 bridgehead atoms. The number of aryl methyl sites for hydroxylation is 1. The highest BCUT2D eigenvalue weighted by molar-refractivity contribution is 5.66. The van der Waals surface area contributed by atoms with Gasteiger partial charge in [0.25, 0.3) is 5.89 Å². The third-order valence-corrected chi connectivity index (χ3v) is 2.25. The molecule has 0 aliphatic heterocycles. The number of carboxylic acids is 1. The van der Waals surface area contributed by atoms with Crippen molar-refractivity contribution in [1.29, 1.82) is 0 Å². The molecule has 6 nitrogen and oxygen atoms in total. The van der Waals surface area contributed by atoms with E-state index in [1.807, 2.05) is 0 Å². The zero-order valence-corrected chi connectivity index (χ0v) is 9.88. The highest BCUT2D eigenvalue weighted by Crippen LogP contribution is 2.16. The molecule has 0 saturated carbocycles. The van der Waals surface area contributed by atoms with Crippen LogP contribution in [0.5, 0.6) is 5.75 Å². The van der Waals surface area contributed by atoms with Gasteiger partial charge in [-0.25, -0.2) is 4.39 Å². The zero-order chi connectivity index (χ0) is 13.7. The van der Waals surface area contributed by atoms with Crippen LogP contribution < -0.4 is 4.74 Å². The molecule has 0 saturated heterocycles. The fourth-order valence-corrected chi connectivity index (χ4v) is 1.36. The van der Waals surface area contributed by atoms with Gasteiger partial charge in [-0.2, -0.15) is 0 Å². The van der Waals surface area contributed by atoms with Crippen LogP contribution in [0.3, 0.4) is 0 Å². The molecular formula is C12H11FN2O4. The van der Waals surface area contributed by atoms with Crippen molar-refractivity contribution in [2.45, 2.75) is 19.4 Å². The Hall–Kier alpha value is -2.44. The number of para-hydroxylation sites is 1. The number of nitrogens with zero attached hydrogens (tertiary/aromatic N) is 2. The normalized spacial score (nSPS) is 10.4. The summed E-state index contributed by atoms with van der Waals surface area (Å²) in [5.41, 5.74) is 0. The largest absolute Gasteiger partial charge is 0.481 e. The van der Waals surface area contributed by atoms with Crippen molar-refractivity contribution >= 4 is 5.97 Å². The summed E-state index contributed by atoms with van der Waals surface area (Å²) in [7, 11) is 0. The molecule has 2 aromatic rings. The monoisotopic (exact) mass is 266 g/mol. The lowest BCUT2D eigenvalue weighted by atomic mass is 10.3. The first-order valence-corrected chi connectivity index (χ1v) is 5.55. The van der Waals surface area contributed by atoms with Gasteiger partial charge in [0.05, 0.1) is 6.42 Å². The van der Waals surface area contributed by atoms with Gasteiger partial charge < -0.3 is 14.3 Å². The number of ether oxygens (including phenoxy) is 1. The van der Waals surface area contributed by atoms with E-state index in [2.05, 4.69) is 10.2 Å². The van der Waals surface area contributed by atoms with Gasteiger partial charge in [-0.05, 0) is 12.1 Å². The smallest absolute Gasteiger partial charge is 0.303 e. The van der Waals surface area contributed by atoms with Crippen molar-refractivity contribution in [3.63, 3.8) is 0 Å². The quantitative estimate of drug-likeness (QED) is 0.858. The van der Waals surface area contributed by atoms with Crippen molar-refractivity contribution < 1.29 is 23.4 Å². The highest BCUT2D eigenvalue weighted by atomic mass is 19.1. The second-order valence-corrected chi connectivity index (χ2v) is 3.70. The average Bonchev–Trinajstić information content (AvgIpc) is 2.83. The molecule has 2 rings (SSSR count). The Morgan fingerprint density at radius 1 is 1.32 bits per heavy atom. The molecule has 0 aliphatic carbocycles. The predicted octanol–water partition coefficient (Wildman–Crippen LogP) is 1.80. The van der Waals surface area contributed by atoms with E-state index in [1.54, 1.807) is 12.1 Å². The highest BCUT2D eigenvalue weighted by Gasteiger charge is 2.09. The second-order valence-electron chi connectivity index (χ2n) is 3.70. The predicted molar refractivity (Wildman–Crippen MR) is 61.0 cm³/mol.